The lowest BCUT2D eigenvalue weighted by atomic mass is 9.98. The van der Waals surface area contributed by atoms with Crippen LogP contribution in [0.3, 0.4) is 0 Å². The van der Waals surface area contributed by atoms with E-state index in [-0.39, 0.29) is 6.54 Å². The lowest BCUT2D eigenvalue weighted by Crippen LogP contribution is -2.64. The number of para-hydroxylation sites is 1. The molecule has 0 aromatic heterocycles. The van der Waals surface area contributed by atoms with E-state index < -0.39 is 49.2 Å². The van der Waals surface area contributed by atoms with E-state index in [1.54, 1.807) is 30.3 Å². The zero-order chi connectivity index (χ0) is 17.4. The number of amides is 3. The average molecular weight is 338 g/mol. The van der Waals surface area contributed by atoms with Crippen LogP contribution in [0, 0.1) is 0 Å². The first-order valence-electron chi connectivity index (χ1n) is 7.45. The second kappa shape index (κ2) is 6.46. The number of nitrogens with zero attached hydrogens (tertiary/aromatic N) is 2. The monoisotopic (exact) mass is 338 g/mol. The van der Waals surface area contributed by atoms with Crippen molar-refractivity contribution in [3.05, 3.63) is 30.3 Å². The Morgan fingerprint density at radius 1 is 1.04 bits per heavy atom. The molecule has 9 heteroatoms. The van der Waals surface area contributed by atoms with Crippen molar-refractivity contribution in [3.8, 4) is 0 Å². The fraction of sp³-hybridized carbons (Fsp3) is 0.467. The number of rotatable bonds is 3. The van der Waals surface area contributed by atoms with E-state index in [0.29, 0.717) is 10.6 Å². The Balaban J connectivity index is 1.86. The fourth-order valence-electron chi connectivity index (χ4n) is 2.87. The Morgan fingerprint density at radius 3 is 2.33 bits per heavy atom. The van der Waals surface area contributed by atoms with Crippen LogP contribution < -0.4 is 4.90 Å². The Labute approximate surface area is 137 Å². The molecule has 0 unspecified atom stereocenters. The van der Waals surface area contributed by atoms with Crippen molar-refractivity contribution in [1.29, 1.82) is 0 Å². The molecule has 5 atom stereocenters. The third-order valence-electron chi connectivity index (χ3n) is 4.19. The molecular weight excluding hydrogens is 320 g/mol. The largest absolute Gasteiger partial charge is 0.394 e. The van der Waals surface area contributed by atoms with Gasteiger partial charge in [-0.3, -0.25) is 9.69 Å². The molecule has 0 aliphatic carbocycles. The summed E-state index contributed by atoms with van der Waals surface area (Å²) in [5.41, 5.74) is 0.503. The number of imide groups is 1. The highest BCUT2D eigenvalue weighted by molar-refractivity contribution is 6.12. The number of hydrogen-bond donors (Lipinski definition) is 4. The van der Waals surface area contributed by atoms with Gasteiger partial charge in [-0.25, -0.2) is 9.69 Å². The van der Waals surface area contributed by atoms with Gasteiger partial charge in [0.15, 0.2) is 6.23 Å². The molecule has 2 saturated heterocycles. The van der Waals surface area contributed by atoms with E-state index in [4.69, 9.17) is 4.74 Å². The molecule has 130 valence electrons. The molecule has 2 heterocycles. The van der Waals surface area contributed by atoms with Gasteiger partial charge >= 0.3 is 6.03 Å². The summed E-state index contributed by atoms with van der Waals surface area (Å²) in [6.45, 7) is -0.877. The van der Waals surface area contributed by atoms with E-state index in [0.717, 1.165) is 0 Å². The third kappa shape index (κ3) is 2.66. The molecule has 9 nitrogen and oxygen atoms in total. The van der Waals surface area contributed by atoms with Gasteiger partial charge in [-0.1, -0.05) is 18.2 Å². The minimum absolute atomic E-state index is 0.238. The van der Waals surface area contributed by atoms with Crippen molar-refractivity contribution in [3.63, 3.8) is 0 Å². The van der Waals surface area contributed by atoms with Crippen LogP contribution in [0.25, 0.3) is 0 Å². The summed E-state index contributed by atoms with van der Waals surface area (Å²) in [5, 5.41) is 38.9. The highest BCUT2D eigenvalue weighted by Crippen LogP contribution is 2.29. The predicted molar refractivity (Wildman–Crippen MR) is 79.8 cm³/mol. The number of hydrogen-bond acceptors (Lipinski definition) is 7. The van der Waals surface area contributed by atoms with Crippen molar-refractivity contribution in [1.82, 2.24) is 4.90 Å². The fourth-order valence-corrected chi connectivity index (χ4v) is 2.87. The third-order valence-corrected chi connectivity index (χ3v) is 4.19. The summed E-state index contributed by atoms with van der Waals surface area (Å²) in [6, 6.07) is 7.79. The Kier molecular flexibility index (Phi) is 4.52. The number of aliphatic hydroxyl groups excluding tert-OH is 4. The first kappa shape index (κ1) is 16.8. The van der Waals surface area contributed by atoms with Crippen LogP contribution >= 0.6 is 0 Å². The molecule has 0 spiro atoms. The minimum atomic E-state index is -1.69. The molecule has 0 saturated carbocycles. The molecule has 3 rings (SSSR count). The summed E-state index contributed by atoms with van der Waals surface area (Å²) in [6.07, 6.45) is -7.59. The highest BCUT2D eigenvalue weighted by Gasteiger charge is 2.51. The van der Waals surface area contributed by atoms with E-state index in [1.807, 2.05) is 0 Å². The predicted octanol–water partition coefficient (Wildman–Crippen LogP) is -1.74. The summed E-state index contributed by atoms with van der Waals surface area (Å²) in [7, 11) is 0. The molecule has 0 bridgehead atoms. The summed E-state index contributed by atoms with van der Waals surface area (Å²) < 4.78 is 5.29. The van der Waals surface area contributed by atoms with Crippen molar-refractivity contribution in [2.45, 2.75) is 30.6 Å². The number of urea groups is 1. The topological polar surface area (TPSA) is 131 Å². The number of carbonyl (C=O) groups is 2. The molecule has 2 aliphatic heterocycles. The maximum absolute atomic E-state index is 12.6. The lowest BCUT2D eigenvalue weighted by molar-refractivity contribution is -0.253. The first-order chi connectivity index (χ1) is 11.5. The van der Waals surface area contributed by atoms with Crippen LogP contribution in [0.5, 0.6) is 0 Å². The van der Waals surface area contributed by atoms with Crippen LogP contribution in [0.15, 0.2) is 30.3 Å². The van der Waals surface area contributed by atoms with Gasteiger partial charge < -0.3 is 25.2 Å². The SMILES string of the molecule is O=C1CN(c2ccccc2)C(=O)N1[C@@H]1O[C@H](CO)[C@@H](O)[C@H](O)[C@H]1O. The maximum atomic E-state index is 12.6. The average Bonchev–Trinajstić information content (AvgIpc) is 2.89. The smallest absolute Gasteiger partial charge is 0.333 e. The second-order valence-electron chi connectivity index (χ2n) is 5.69. The Morgan fingerprint density at radius 2 is 1.71 bits per heavy atom. The van der Waals surface area contributed by atoms with Gasteiger partial charge in [-0.15, -0.1) is 0 Å². The van der Waals surface area contributed by atoms with E-state index >= 15 is 0 Å². The van der Waals surface area contributed by atoms with Gasteiger partial charge in [0.2, 0.25) is 0 Å². The molecule has 1 aromatic rings. The van der Waals surface area contributed by atoms with Crippen molar-refractivity contribution in [2.75, 3.05) is 18.1 Å². The second-order valence-corrected chi connectivity index (χ2v) is 5.69. The quantitative estimate of drug-likeness (QED) is 0.481. The van der Waals surface area contributed by atoms with Crippen LogP contribution in [-0.2, 0) is 9.53 Å². The van der Waals surface area contributed by atoms with Crippen LogP contribution in [0.4, 0.5) is 10.5 Å². The summed E-state index contributed by atoms with van der Waals surface area (Å²) >= 11 is 0. The summed E-state index contributed by atoms with van der Waals surface area (Å²) in [5.74, 6) is -0.617. The maximum Gasteiger partial charge on any atom is 0.333 e. The van der Waals surface area contributed by atoms with E-state index in [9.17, 15) is 30.0 Å². The van der Waals surface area contributed by atoms with Gasteiger partial charge in [0.05, 0.1) is 6.61 Å². The van der Waals surface area contributed by atoms with Crippen LogP contribution in [-0.4, -0.2) is 81.1 Å². The molecule has 4 N–H and O–H groups in total. The van der Waals surface area contributed by atoms with Crippen LogP contribution in [0.2, 0.25) is 0 Å². The zero-order valence-corrected chi connectivity index (χ0v) is 12.6. The first-order valence-corrected chi connectivity index (χ1v) is 7.45. The molecule has 0 radical (unpaired) electrons. The van der Waals surface area contributed by atoms with E-state index in [1.165, 1.54) is 4.90 Å². The van der Waals surface area contributed by atoms with Gasteiger partial charge in [0, 0.05) is 5.69 Å². The van der Waals surface area contributed by atoms with Crippen molar-refractivity contribution < 1.29 is 34.8 Å². The number of anilines is 1. The molecular formula is C15H18N2O7. The number of aliphatic hydroxyl groups is 4. The molecule has 2 aliphatic rings. The standard InChI is InChI=1S/C15H18N2O7/c18-7-9-11(20)12(21)13(22)14(24-9)17-10(19)6-16(15(17)23)8-4-2-1-3-5-8/h1-5,9,11-14,18,20-22H,6-7H2/t9-,11-,12+,13-,14-/m1/s1. The minimum Gasteiger partial charge on any atom is -0.394 e. The number of ether oxygens (including phenoxy) is 1. The Hall–Kier alpha value is -2.04. The van der Waals surface area contributed by atoms with E-state index in [2.05, 4.69) is 0 Å². The molecule has 24 heavy (non-hydrogen) atoms. The normalized spacial score (nSPS) is 34.1. The van der Waals surface area contributed by atoms with Crippen LogP contribution in [0.1, 0.15) is 0 Å². The summed E-state index contributed by atoms with van der Waals surface area (Å²) in [4.78, 5) is 26.8. The molecule has 2 fully saturated rings. The van der Waals surface area contributed by atoms with Gasteiger partial charge in [0.25, 0.3) is 5.91 Å². The van der Waals surface area contributed by atoms with Gasteiger partial charge in [-0.2, -0.15) is 0 Å². The number of carbonyl (C=O) groups excluding carboxylic acids is 2. The lowest BCUT2D eigenvalue weighted by Gasteiger charge is -2.42. The van der Waals surface area contributed by atoms with Crippen molar-refractivity contribution in [2.24, 2.45) is 0 Å². The zero-order valence-electron chi connectivity index (χ0n) is 12.6. The molecule has 1 aromatic carbocycles. The van der Waals surface area contributed by atoms with Crippen molar-refractivity contribution >= 4 is 17.6 Å². The Bertz CT molecular complexity index is 624. The molecule has 3 amide bonds. The van der Waals surface area contributed by atoms with Gasteiger partial charge in [0.1, 0.15) is 31.0 Å². The highest BCUT2D eigenvalue weighted by atomic mass is 16.6. The van der Waals surface area contributed by atoms with Gasteiger partial charge in [-0.05, 0) is 12.1 Å². The number of benzene rings is 1.